The Bertz CT molecular complexity index is 339. The molecule has 1 aromatic carbocycles. The van der Waals surface area contributed by atoms with Gasteiger partial charge in [0.1, 0.15) is 0 Å². The van der Waals surface area contributed by atoms with Crippen LogP contribution in [-0.2, 0) is 0 Å². The predicted molar refractivity (Wildman–Crippen MR) is 69.9 cm³/mol. The zero-order valence-electron chi connectivity index (χ0n) is 10.7. The highest BCUT2D eigenvalue weighted by molar-refractivity contribution is 5.17. The maximum Gasteiger partial charge on any atom is 0.0916 e. The third kappa shape index (κ3) is 3.28. The van der Waals surface area contributed by atoms with Gasteiger partial charge in [-0.15, -0.1) is 0 Å². The Morgan fingerprint density at radius 2 is 2.06 bits per heavy atom. The van der Waals surface area contributed by atoms with Crippen LogP contribution in [0.5, 0.6) is 0 Å². The molecule has 17 heavy (non-hydrogen) atoms. The summed E-state index contributed by atoms with van der Waals surface area (Å²) in [6.07, 6.45) is 0.839. The van der Waals surface area contributed by atoms with Crippen molar-refractivity contribution in [3.05, 3.63) is 35.9 Å². The number of likely N-dealkylation sites (tertiary alicyclic amines) is 1. The number of likely N-dealkylation sites (N-methyl/N-ethyl adjacent to an activating group) is 1. The number of hydrogen-bond donors (Lipinski definition) is 1. The fourth-order valence-electron chi connectivity index (χ4n) is 2.42. The Balaban J connectivity index is 1.86. The Morgan fingerprint density at radius 3 is 2.65 bits per heavy atom. The molecular weight excluding hydrogens is 212 g/mol. The Hall–Kier alpha value is -0.900. The molecule has 3 nitrogen and oxygen atoms in total. The monoisotopic (exact) mass is 234 g/mol. The van der Waals surface area contributed by atoms with Crippen molar-refractivity contribution < 1.29 is 5.11 Å². The molecule has 2 atom stereocenters. The minimum Gasteiger partial charge on any atom is -0.387 e. The van der Waals surface area contributed by atoms with Crippen molar-refractivity contribution in [3.8, 4) is 0 Å². The smallest absolute Gasteiger partial charge is 0.0916 e. The van der Waals surface area contributed by atoms with Crippen LogP contribution >= 0.6 is 0 Å². The minimum atomic E-state index is -0.364. The maximum atomic E-state index is 10.2. The van der Waals surface area contributed by atoms with Crippen LogP contribution in [0.4, 0.5) is 0 Å². The quantitative estimate of drug-likeness (QED) is 0.852. The van der Waals surface area contributed by atoms with Gasteiger partial charge in [0.15, 0.2) is 0 Å². The van der Waals surface area contributed by atoms with Crippen molar-refractivity contribution in [3.63, 3.8) is 0 Å². The maximum absolute atomic E-state index is 10.2. The molecule has 0 amide bonds. The van der Waals surface area contributed by atoms with E-state index in [0.29, 0.717) is 6.04 Å². The number of aliphatic hydroxyl groups is 1. The van der Waals surface area contributed by atoms with Crippen LogP contribution in [0.3, 0.4) is 0 Å². The van der Waals surface area contributed by atoms with Crippen molar-refractivity contribution in [2.75, 3.05) is 33.7 Å². The number of nitrogens with zero attached hydrogens (tertiary/aromatic N) is 2. The molecule has 0 aromatic heterocycles. The Labute approximate surface area is 104 Å². The molecule has 0 radical (unpaired) electrons. The number of rotatable bonds is 4. The van der Waals surface area contributed by atoms with Crippen molar-refractivity contribution in [1.29, 1.82) is 0 Å². The van der Waals surface area contributed by atoms with Crippen molar-refractivity contribution >= 4 is 0 Å². The van der Waals surface area contributed by atoms with Crippen LogP contribution in [0.1, 0.15) is 18.1 Å². The number of β-amino-alcohol motifs (C(OH)–C–C–N with tert-alkyl or cyclic N) is 1. The molecule has 1 heterocycles. The summed E-state index contributed by atoms with van der Waals surface area (Å²) in [5.74, 6) is 0. The van der Waals surface area contributed by atoms with Gasteiger partial charge in [-0.05, 0) is 32.6 Å². The first kappa shape index (κ1) is 12.6. The van der Waals surface area contributed by atoms with Crippen LogP contribution < -0.4 is 0 Å². The first-order chi connectivity index (χ1) is 8.16. The van der Waals surface area contributed by atoms with Gasteiger partial charge in [0.25, 0.3) is 0 Å². The molecule has 2 unspecified atom stereocenters. The van der Waals surface area contributed by atoms with Crippen LogP contribution in [-0.4, -0.2) is 54.7 Å². The van der Waals surface area contributed by atoms with Gasteiger partial charge in [-0.25, -0.2) is 0 Å². The second-order valence-corrected chi connectivity index (χ2v) is 5.09. The van der Waals surface area contributed by atoms with Gasteiger partial charge in [-0.3, -0.25) is 4.90 Å². The molecule has 3 heteroatoms. The number of hydrogen-bond acceptors (Lipinski definition) is 3. The molecule has 94 valence electrons. The third-order valence-corrected chi connectivity index (χ3v) is 3.59. The second kappa shape index (κ2) is 5.63. The van der Waals surface area contributed by atoms with E-state index in [4.69, 9.17) is 0 Å². The van der Waals surface area contributed by atoms with Crippen LogP contribution in [0, 0.1) is 0 Å². The summed E-state index contributed by atoms with van der Waals surface area (Å²) in [5, 5.41) is 10.2. The first-order valence-electron chi connectivity index (χ1n) is 6.28. The van der Waals surface area contributed by atoms with Crippen LogP contribution in [0.15, 0.2) is 30.3 Å². The van der Waals surface area contributed by atoms with Gasteiger partial charge in [0, 0.05) is 19.1 Å². The van der Waals surface area contributed by atoms with Gasteiger partial charge >= 0.3 is 0 Å². The summed E-state index contributed by atoms with van der Waals surface area (Å²) in [6, 6.07) is 10.6. The highest BCUT2D eigenvalue weighted by Gasteiger charge is 2.25. The predicted octanol–water partition coefficient (Wildman–Crippen LogP) is 1.36. The average Bonchev–Trinajstić information content (AvgIpc) is 2.79. The summed E-state index contributed by atoms with van der Waals surface area (Å²) < 4.78 is 0. The van der Waals surface area contributed by atoms with Crippen molar-refractivity contribution in [1.82, 2.24) is 9.80 Å². The van der Waals surface area contributed by atoms with Gasteiger partial charge in [0.05, 0.1) is 6.10 Å². The largest absolute Gasteiger partial charge is 0.387 e. The topological polar surface area (TPSA) is 26.7 Å². The van der Waals surface area contributed by atoms with E-state index in [2.05, 4.69) is 23.9 Å². The fourth-order valence-corrected chi connectivity index (χ4v) is 2.42. The number of aliphatic hydroxyl groups excluding tert-OH is 1. The number of benzene rings is 1. The summed E-state index contributed by atoms with van der Waals surface area (Å²) in [7, 11) is 4.25. The van der Waals surface area contributed by atoms with Crippen molar-refractivity contribution in [2.24, 2.45) is 0 Å². The lowest BCUT2D eigenvalue weighted by molar-refractivity contribution is 0.122. The van der Waals surface area contributed by atoms with Gasteiger partial charge in [0.2, 0.25) is 0 Å². The summed E-state index contributed by atoms with van der Waals surface area (Å²) in [6.45, 7) is 2.90. The van der Waals surface area contributed by atoms with Gasteiger partial charge in [-0.2, -0.15) is 0 Å². The van der Waals surface area contributed by atoms with Crippen LogP contribution in [0.2, 0.25) is 0 Å². The third-order valence-electron chi connectivity index (χ3n) is 3.59. The highest BCUT2D eigenvalue weighted by Crippen LogP contribution is 2.18. The molecule has 0 spiro atoms. The van der Waals surface area contributed by atoms with Crippen molar-refractivity contribution in [2.45, 2.75) is 18.6 Å². The summed E-state index contributed by atoms with van der Waals surface area (Å²) >= 11 is 0. The zero-order valence-corrected chi connectivity index (χ0v) is 10.7. The molecule has 1 aliphatic heterocycles. The van der Waals surface area contributed by atoms with E-state index in [1.54, 1.807) is 0 Å². The van der Waals surface area contributed by atoms with E-state index < -0.39 is 0 Å². The van der Waals surface area contributed by atoms with E-state index in [9.17, 15) is 5.11 Å². The molecule has 1 saturated heterocycles. The summed E-state index contributed by atoms with van der Waals surface area (Å²) in [4.78, 5) is 4.62. The SMILES string of the molecule is CN(C)C1CCN(CC(O)c2ccccc2)C1. The summed E-state index contributed by atoms with van der Waals surface area (Å²) in [5.41, 5.74) is 1.01. The van der Waals surface area contributed by atoms with E-state index in [1.807, 2.05) is 30.3 Å². The molecule has 0 aliphatic carbocycles. The average molecular weight is 234 g/mol. The molecule has 1 N–H and O–H groups in total. The molecule has 1 aromatic rings. The fraction of sp³-hybridized carbons (Fsp3) is 0.571. The lowest BCUT2D eigenvalue weighted by atomic mass is 10.1. The second-order valence-electron chi connectivity index (χ2n) is 5.09. The normalized spacial score (nSPS) is 23.2. The van der Waals surface area contributed by atoms with E-state index in [-0.39, 0.29) is 6.10 Å². The molecule has 1 aliphatic rings. The minimum absolute atomic E-state index is 0.364. The zero-order chi connectivity index (χ0) is 12.3. The first-order valence-corrected chi connectivity index (χ1v) is 6.28. The van der Waals surface area contributed by atoms with E-state index >= 15 is 0 Å². The molecular formula is C14H22N2O. The molecule has 2 rings (SSSR count). The highest BCUT2D eigenvalue weighted by atomic mass is 16.3. The van der Waals surface area contributed by atoms with Gasteiger partial charge < -0.3 is 10.0 Å². The van der Waals surface area contributed by atoms with E-state index in [1.165, 1.54) is 6.42 Å². The Morgan fingerprint density at radius 1 is 1.35 bits per heavy atom. The van der Waals surface area contributed by atoms with Crippen LogP contribution in [0.25, 0.3) is 0 Å². The molecule has 1 fully saturated rings. The molecule has 0 bridgehead atoms. The standard InChI is InChI=1S/C14H22N2O/c1-15(2)13-8-9-16(10-13)11-14(17)12-6-4-3-5-7-12/h3-7,13-14,17H,8-11H2,1-2H3. The lowest BCUT2D eigenvalue weighted by Gasteiger charge is -2.22. The van der Waals surface area contributed by atoms with E-state index in [0.717, 1.165) is 25.2 Å². The Kier molecular flexibility index (Phi) is 4.15. The lowest BCUT2D eigenvalue weighted by Crippen LogP contribution is -2.33. The molecule has 0 saturated carbocycles. The van der Waals surface area contributed by atoms with Gasteiger partial charge in [-0.1, -0.05) is 30.3 Å².